The SMILES string of the molecule is CCC1OC(OC2C(O)C(N)CC(N)C2OC2OC(CN)C(O)C(O)C2N)C(O)C1OC1OC(CN)C(O)C(O)C1N. The van der Waals surface area contributed by atoms with E-state index in [0.717, 1.165) is 0 Å². The van der Waals surface area contributed by atoms with Crippen LogP contribution in [0.3, 0.4) is 0 Å². The Morgan fingerprint density at radius 1 is 0.548 bits per heavy atom. The Labute approximate surface area is 243 Å². The molecule has 19 atom stereocenters. The smallest absolute Gasteiger partial charge is 0.187 e. The molecule has 246 valence electrons. The zero-order chi connectivity index (χ0) is 31.0. The molecule has 19 unspecified atom stereocenters. The second kappa shape index (κ2) is 14.1. The minimum atomic E-state index is -1.44. The third-order valence-corrected chi connectivity index (χ3v) is 8.59. The van der Waals surface area contributed by atoms with E-state index in [0.29, 0.717) is 6.42 Å². The van der Waals surface area contributed by atoms with Crippen molar-refractivity contribution in [3.8, 4) is 0 Å². The molecule has 4 fully saturated rings. The summed E-state index contributed by atoms with van der Waals surface area (Å²) in [6.07, 6.45) is -17.8. The Bertz CT molecular complexity index is 867. The van der Waals surface area contributed by atoms with Crippen molar-refractivity contribution in [3.63, 3.8) is 0 Å². The van der Waals surface area contributed by atoms with Crippen molar-refractivity contribution < 1.29 is 59.1 Å². The Morgan fingerprint density at radius 3 is 1.48 bits per heavy atom. The van der Waals surface area contributed by atoms with Crippen LogP contribution in [0.1, 0.15) is 19.8 Å². The fourth-order valence-corrected chi connectivity index (χ4v) is 5.92. The highest BCUT2D eigenvalue weighted by Crippen LogP contribution is 2.35. The number of rotatable bonds is 9. The minimum absolute atomic E-state index is 0.116. The lowest BCUT2D eigenvalue weighted by Crippen LogP contribution is -2.68. The van der Waals surface area contributed by atoms with Crippen LogP contribution in [0.5, 0.6) is 0 Å². The van der Waals surface area contributed by atoms with E-state index in [1.165, 1.54) is 0 Å². The highest BCUT2D eigenvalue weighted by Gasteiger charge is 2.54. The van der Waals surface area contributed by atoms with Crippen molar-refractivity contribution in [3.05, 3.63) is 0 Å². The van der Waals surface area contributed by atoms with E-state index >= 15 is 0 Å². The van der Waals surface area contributed by atoms with Crippen molar-refractivity contribution in [1.82, 2.24) is 0 Å². The van der Waals surface area contributed by atoms with Crippen LogP contribution in [0.4, 0.5) is 0 Å². The lowest BCUT2D eigenvalue weighted by molar-refractivity contribution is -0.306. The van der Waals surface area contributed by atoms with Gasteiger partial charge in [0.15, 0.2) is 18.9 Å². The van der Waals surface area contributed by atoms with Crippen LogP contribution in [-0.2, 0) is 28.4 Å². The molecular weight excluding hydrogens is 564 g/mol. The predicted octanol–water partition coefficient (Wildman–Crippen LogP) is -7.48. The summed E-state index contributed by atoms with van der Waals surface area (Å²) in [6.45, 7) is 1.53. The first-order chi connectivity index (χ1) is 19.8. The van der Waals surface area contributed by atoms with E-state index < -0.39 is 116 Å². The highest BCUT2D eigenvalue weighted by atomic mass is 16.8. The summed E-state index contributed by atoms with van der Waals surface area (Å²) in [4.78, 5) is 0. The molecule has 4 aliphatic rings. The van der Waals surface area contributed by atoms with Gasteiger partial charge in [0.25, 0.3) is 0 Å². The second-order valence-corrected chi connectivity index (χ2v) is 11.5. The van der Waals surface area contributed by atoms with Gasteiger partial charge in [-0.2, -0.15) is 0 Å². The maximum Gasteiger partial charge on any atom is 0.187 e. The van der Waals surface area contributed by atoms with Crippen LogP contribution in [-0.4, -0.2) is 160 Å². The van der Waals surface area contributed by atoms with Crippen LogP contribution in [0.15, 0.2) is 0 Å². The summed E-state index contributed by atoms with van der Waals surface area (Å²) in [5.41, 5.74) is 35.9. The van der Waals surface area contributed by atoms with Crippen molar-refractivity contribution >= 4 is 0 Å². The average molecular weight is 613 g/mol. The molecule has 3 saturated heterocycles. The molecule has 3 aliphatic heterocycles. The Balaban J connectivity index is 1.50. The Kier molecular flexibility index (Phi) is 11.5. The molecule has 0 radical (unpaired) electrons. The van der Waals surface area contributed by atoms with Gasteiger partial charge in [-0.05, 0) is 12.8 Å². The number of ether oxygens (including phenoxy) is 6. The van der Waals surface area contributed by atoms with Gasteiger partial charge in [0.05, 0.1) is 24.3 Å². The third kappa shape index (κ3) is 6.62. The monoisotopic (exact) mass is 612 g/mol. The first kappa shape index (κ1) is 34.2. The van der Waals surface area contributed by atoms with Gasteiger partial charge in [-0.1, -0.05) is 6.92 Å². The zero-order valence-corrected chi connectivity index (χ0v) is 23.4. The highest BCUT2D eigenvalue weighted by molar-refractivity contribution is 5.02. The second-order valence-electron chi connectivity index (χ2n) is 11.5. The summed E-state index contributed by atoms with van der Waals surface area (Å²) in [5, 5.41) is 63.3. The van der Waals surface area contributed by atoms with Crippen LogP contribution >= 0.6 is 0 Å². The average Bonchev–Trinajstić information content (AvgIpc) is 3.27. The first-order valence-corrected chi connectivity index (χ1v) is 14.3. The molecule has 0 spiro atoms. The molecular formula is C24H48N6O12. The van der Waals surface area contributed by atoms with Crippen molar-refractivity contribution in [2.75, 3.05) is 13.1 Å². The Hall–Kier alpha value is -0.720. The molecule has 42 heavy (non-hydrogen) atoms. The number of hydrogen-bond acceptors (Lipinski definition) is 18. The molecule has 18 nitrogen and oxygen atoms in total. The fraction of sp³-hybridized carbons (Fsp3) is 1.00. The van der Waals surface area contributed by atoms with Crippen molar-refractivity contribution in [2.45, 2.75) is 136 Å². The summed E-state index contributed by atoms with van der Waals surface area (Å²) < 4.78 is 35.3. The largest absolute Gasteiger partial charge is 0.389 e. The normalized spacial score (nSPS) is 53.8. The van der Waals surface area contributed by atoms with Gasteiger partial charge < -0.3 is 93.5 Å². The van der Waals surface area contributed by atoms with Crippen molar-refractivity contribution in [2.24, 2.45) is 34.4 Å². The van der Waals surface area contributed by atoms with Gasteiger partial charge >= 0.3 is 0 Å². The maximum absolute atomic E-state index is 11.2. The number of nitrogens with two attached hydrogens (primary N) is 6. The van der Waals surface area contributed by atoms with E-state index in [4.69, 9.17) is 62.8 Å². The van der Waals surface area contributed by atoms with E-state index in [-0.39, 0.29) is 19.5 Å². The molecule has 1 saturated carbocycles. The summed E-state index contributed by atoms with van der Waals surface area (Å²) in [6, 6.07) is -3.97. The number of hydrogen-bond donors (Lipinski definition) is 12. The molecule has 0 aromatic carbocycles. The summed E-state index contributed by atoms with van der Waals surface area (Å²) in [7, 11) is 0. The van der Waals surface area contributed by atoms with Crippen LogP contribution in [0, 0.1) is 0 Å². The molecule has 0 bridgehead atoms. The van der Waals surface area contributed by atoms with Crippen LogP contribution in [0.25, 0.3) is 0 Å². The molecule has 4 rings (SSSR count). The first-order valence-electron chi connectivity index (χ1n) is 14.3. The summed E-state index contributed by atoms with van der Waals surface area (Å²) in [5.74, 6) is 0. The third-order valence-electron chi connectivity index (χ3n) is 8.59. The van der Waals surface area contributed by atoms with Gasteiger partial charge in [-0.3, -0.25) is 0 Å². The lowest BCUT2D eigenvalue weighted by Gasteiger charge is -2.47. The van der Waals surface area contributed by atoms with Crippen LogP contribution < -0.4 is 34.4 Å². The standard InChI is InChI=1S/C24H48N6O12/c1-2-8-20(41-23-12(30)17(35)15(33)10(5-26)39-23)18(36)24(37-8)42-21-13(31)6(27)3-7(28)19(21)40-22-11(29)16(34)14(32)9(4-25)38-22/h6-24,31-36H,2-5,25-30H2,1H3. The van der Waals surface area contributed by atoms with Gasteiger partial charge in [0.2, 0.25) is 0 Å². The number of aliphatic hydroxyl groups is 6. The zero-order valence-electron chi connectivity index (χ0n) is 23.4. The number of aliphatic hydroxyl groups excluding tert-OH is 6. The molecule has 1 aliphatic carbocycles. The van der Waals surface area contributed by atoms with E-state index in [9.17, 15) is 30.6 Å². The molecule has 3 heterocycles. The molecule has 0 aromatic rings. The van der Waals surface area contributed by atoms with E-state index in [1.807, 2.05) is 0 Å². The van der Waals surface area contributed by atoms with Crippen molar-refractivity contribution in [1.29, 1.82) is 0 Å². The summed E-state index contributed by atoms with van der Waals surface area (Å²) >= 11 is 0. The minimum Gasteiger partial charge on any atom is -0.389 e. The molecule has 0 aromatic heterocycles. The van der Waals surface area contributed by atoms with E-state index in [2.05, 4.69) is 0 Å². The quantitative estimate of drug-likeness (QED) is 0.115. The van der Waals surface area contributed by atoms with Crippen LogP contribution in [0.2, 0.25) is 0 Å². The molecule has 18 N–H and O–H groups in total. The Morgan fingerprint density at radius 2 is 1.00 bits per heavy atom. The predicted molar refractivity (Wildman–Crippen MR) is 142 cm³/mol. The van der Waals surface area contributed by atoms with E-state index in [1.54, 1.807) is 6.92 Å². The lowest BCUT2D eigenvalue weighted by atomic mass is 9.84. The molecule has 18 heteroatoms. The van der Waals surface area contributed by atoms with Gasteiger partial charge in [-0.15, -0.1) is 0 Å². The van der Waals surface area contributed by atoms with Gasteiger partial charge in [0, 0.05) is 25.2 Å². The fourth-order valence-electron chi connectivity index (χ4n) is 5.92. The van der Waals surface area contributed by atoms with Gasteiger partial charge in [-0.25, -0.2) is 0 Å². The topological polar surface area (TPSA) is 333 Å². The molecule has 0 amide bonds. The van der Waals surface area contributed by atoms with Gasteiger partial charge in [0.1, 0.15) is 61.0 Å². The maximum atomic E-state index is 11.2.